The molecule has 0 saturated heterocycles. The Balaban J connectivity index is 2.33. The first kappa shape index (κ1) is 13.9. The molecule has 2 aromatic rings. The maximum absolute atomic E-state index is 13.1. The maximum atomic E-state index is 13.1. The number of pyridine rings is 1. The van der Waals surface area contributed by atoms with Crippen molar-refractivity contribution in [1.29, 1.82) is 0 Å². The molecule has 1 heterocycles. The summed E-state index contributed by atoms with van der Waals surface area (Å²) < 4.78 is 19.3. The Bertz CT molecular complexity index is 652. The lowest BCUT2D eigenvalue weighted by molar-refractivity contribution is -0.385. The van der Waals surface area contributed by atoms with Crippen molar-refractivity contribution in [2.45, 2.75) is 0 Å². The summed E-state index contributed by atoms with van der Waals surface area (Å²) in [7, 11) is 0. The fourth-order valence-electron chi connectivity index (χ4n) is 1.25. The van der Waals surface area contributed by atoms with Crippen LogP contribution in [0, 0.1) is 15.9 Å². The minimum Gasteiger partial charge on any atom is -0.437 e. The van der Waals surface area contributed by atoms with Crippen LogP contribution in [0.5, 0.6) is 11.6 Å². The minimum atomic E-state index is -0.570. The van der Waals surface area contributed by atoms with Crippen LogP contribution in [-0.2, 0) is 0 Å². The van der Waals surface area contributed by atoms with E-state index in [1.54, 1.807) is 0 Å². The van der Waals surface area contributed by atoms with Gasteiger partial charge in [-0.05, 0) is 44.0 Å². The van der Waals surface area contributed by atoms with E-state index in [0.717, 1.165) is 6.20 Å². The first-order valence-corrected chi connectivity index (χ1v) is 6.49. The average molecular weight is 392 g/mol. The third-order valence-electron chi connectivity index (χ3n) is 2.10. The van der Waals surface area contributed by atoms with Crippen molar-refractivity contribution >= 4 is 37.5 Å². The summed E-state index contributed by atoms with van der Waals surface area (Å²) in [5.74, 6) is -0.129. The lowest BCUT2D eigenvalue weighted by atomic mass is 10.3. The molecule has 2 rings (SSSR count). The van der Waals surface area contributed by atoms with E-state index in [9.17, 15) is 14.5 Å². The Hall–Kier alpha value is -1.54. The number of rotatable bonds is 3. The molecule has 1 aromatic carbocycles. The topological polar surface area (TPSA) is 65.3 Å². The summed E-state index contributed by atoms with van der Waals surface area (Å²) in [6.45, 7) is 0. The second-order valence-corrected chi connectivity index (χ2v) is 5.12. The molecule has 1 aromatic heterocycles. The van der Waals surface area contributed by atoms with Gasteiger partial charge in [0.05, 0.1) is 13.9 Å². The maximum Gasteiger partial charge on any atom is 0.288 e. The summed E-state index contributed by atoms with van der Waals surface area (Å²) in [4.78, 5) is 13.8. The van der Waals surface area contributed by atoms with E-state index < -0.39 is 10.7 Å². The Labute approximate surface area is 123 Å². The van der Waals surface area contributed by atoms with Crippen molar-refractivity contribution in [2.24, 2.45) is 0 Å². The van der Waals surface area contributed by atoms with Crippen LogP contribution in [0.1, 0.15) is 0 Å². The van der Waals surface area contributed by atoms with E-state index in [-0.39, 0.29) is 17.3 Å². The van der Waals surface area contributed by atoms with E-state index in [0.29, 0.717) is 8.95 Å². The molecule has 5 nitrogen and oxygen atoms in total. The molecular formula is C11H5Br2FN2O3. The molecule has 0 spiro atoms. The first-order chi connectivity index (χ1) is 8.97. The highest BCUT2D eigenvalue weighted by Crippen LogP contribution is 2.34. The zero-order valence-electron chi connectivity index (χ0n) is 9.14. The van der Waals surface area contributed by atoms with Crippen LogP contribution in [0.25, 0.3) is 0 Å². The number of hydrogen-bond acceptors (Lipinski definition) is 4. The van der Waals surface area contributed by atoms with Gasteiger partial charge in [-0.3, -0.25) is 10.1 Å². The van der Waals surface area contributed by atoms with Crippen LogP contribution in [0.3, 0.4) is 0 Å². The molecule has 8 heteroatoms. The van der Waals surface area contributed by atoms with Crippen LogP contribution in [-0.4, -0.2) is 9.91 Å². The largest absolute Gasteiger partial charge is 0.437 e. The number of ether oxygens (including phenoxy) is 1. The molecule has 0 unspecified atom stereocenters. The van der Waals surface area contributed by atoms with Crippen LogP contribution >= 0.6 is 31.9 Å². The fraction of sp³-hybridized carbons (Fsp3) is 0. The van der Waals surface area contributed by atoms with Gasteiger partial charge in [-0.15, -0.1) is 0 Å². The normalized spacial score (nSPS) is 10.3. The average Bonchev–Trinajstić information content (AvgIpc) is 2.36. The summed E-state index contributed by atoms with van der Waals surface area (Å²) in [5, 5.41) is 10.6. The predicted octanol–water partition coefficient (Wildman–Crippen LogP) is 4.45. The van der Waals surface area contributed by atoms with Gasteiger partial charge < -0.3 is 4.74 Å². The molecule has 0 saturated carbocycles. The smallest absolute Gasteiger partial charge is 0.288 e. The van der Waals surface area contributed by atoms with Crippen molar-refractivity contribution in [2.75, 3.05) is 0 Å². The molecule has 0 atom stereocenters. The quantitative estimate of drug-likeness (QED) is 0.572. The van der Waals surface area contributed by atoms with E-state index >= 15 is 0 Å². The highest BCUT2D eigenvalue weighted by Gasteiger charge is 2.13. The van der Waals surface area contributed by atoms with Gasteiger partial charge in [0.25, 0.3) is 5.69 Å². The van der Waals surface area contributed by atoms with Gasteiger partial charge in [0.2, 0.25) is 5.88 Å². The summed E-state index contributed by atoms with van der Waals surface area (Å²) in [5.41, 5.74) is -0.169. The predicted molar refractivity (Wildman–Crippen MR) is 72.8 cm³/mol. The summed E-state index contributed by atoms with van der Waals surface area (Å²) in [6, 6.07) is 5.20. The molecular weight excluding hydrogens is 387 g/mol. The Morgan fingerprint density at radius 2 is 2.00 bits per heavy atom. The van der Waals surface area contributed by atoms with Crippen LogP contribution in [0.2, 0.25) is 0 Å². The van der Waals surface area contributed by atoms with Gasteiger partial charge in [0.1, 0.15) is 17.8 Å². The minimum absolute atomic E-state index is 0.108. The van der Waals surface area contributed by atoms with Crippen molar-refractivity contribution < 1.29 is 14.1 Å². The highest BCUT2D eigenvalue weighted by molar-refractivity contribution is 9.11. The molecule has 98 valence electrons. The lowest BCUT2D eigenvalue weighted by Gasteiger charge is -2.08. The van der Waals surface area contributed by atoms with E-state index in [1.807, 2.05) is 0 Å². The monoisotopic (exact) mass is 390 g/mol. The standard InChI is InChI=1S/C11H5Br2FN2O3/c12-8-2-1-6(14)3-10(8)19-11-9(13)4-7(5-15-11)16(17)18/h1-5H. The van der Waals surface area contributed by atoms with E-state index in [4.69, 9.17) is 4.74 Å². The zero-order chi connectivity index (χ0) is 14.0. The molecule has 0 amide bonds. The second kappa shape index (κ2) is 5.62. The van der Waals surface area contributed by atoms with Gasteiger partial charge >= 0.3 is 0 Å². The van der Waals surface area contributed by atoms with Crippen molar-refractivity contribution in [3.8, 4) is 11.6 Å². The van der Waals surface area contributed by atoms with Crippen molar-refractivity contribution in [3.63, 3.8) is 0 Å². The molecule has 0 N–H and O–H groups in total. The summed E-state index contributed by atoms with van der Waals surface area (Å²) in [6.07, 6.45) is 1.06. The number of halogens is 3. The second-order valence-electron chi connectivity index (χ2n) is 3.41. The lowest BCUT2D eigenvalue weighted by Crippen LogP contribution is -1.94. The van der Waals surface area contributed by atoms with Crippen LogP contribution in [0.15, 0.2) is 39.4 Å². The van der Waals surface area contributed by atoms with Gasteiger partial charge in [-0.2, -0.15) is 0 Å². The van der Waals surface area contributed by atoms with Gasteiger partial charge in [-0.1, -0.05) is 0 Å². The zero-order valence-corrected chi connectivity index (χ0v) is 12.3. The first-order valence-electron chi connectivity index (χ1n) is 4.90. The van der Waals surface area contributed by atoms with Gasteiger partial charge in [0, 0.05) is 12.1 Å². The van der Waals surface area contributed by atoms with E-state index in [2.05, 4.69) is 36.8 Å². The third kappa shape index (κ3) is 3.27. The van der Waals surface area contributed by atoms with E-state index in [1.165, 1.54) is 24.3 Å². The van der Waals surface area contributed by atoms with Crippen molar-refractivity contribution in [3.05, 3.63) is 55.3 Å². The Morgan fingerprint density at radius 1 is 1.26 bits per heavy atom. The van der Waals surface area contributed by atoms with Crippen molar-refractivity contribution in [1.82, 2.24) is 4.98 Å². The van der Waals surface area contributed by atoms with Crippen LogP contribution in [0.4, 0.5) is 10.1 Å². The Kier molecular flexibility index (Phi) is 4.11. The molecule has 0 bridgehead atoms. The fourth-order valence-corrected chi connectivity index (χ4v) is 2.00. The van der Waals surface area contributed by atoms with Gasteiger partial charge in [-0.25, -0.2) is 9.37 Å². The molecule has 0 aliphatic carbocycles. The molecule has 19 heavy (non-hydrogen) atoms. The molecule has 0 fully saturated rings. The highest BCUT2D eigenvalue weighted by atomic mass is 79.9. The number of nitrogens with zero attached hydrogens (tertiary/aromatic N) is 2. The molecule has 0 radical (unpaired) electrons. The number of hydrogen-bond donors (Lipinski definition) is 0. The third-order valence-corrected chi connectivity index (χ3v) is 3.33. The van der Waals surface area contributed by atoms with Gasteiger partial charge in [0.15, 0.2) is 0 Å². The summed E-state index contributed by atoms with van der Waals surface area (Å²) >= 11 is 6.32. The Morgan fingerprint density at radius 3 is 2.63 bits per heavy atom. The molecule has 0 aliphatic rings. The van der Waals surface area contributed by atoms with Crippen LogP contribution < -0.4 is 4.74 Å². The molecule has 0 aliphatic heterocycles. The number of nitro groups is 1. The SMILES string of the molecule is O=[N+]([O-])c1cnc(Oc2cc(F)ccc2Br)c(Br)c1. The number of aromatic nitrogens is 1. The number of benzene rings is 1.